The predicted molar refractivity (Wildman–Crippen MR) is 88.4 cm³/mol. The predicted octanol–water partition coefficient (Wildman–Crippen LogP) is -0.531. The normalized spacial score (nSPS) is 8.36. The van der Waals surface area contributed by atoms with E-state index < -0.39 is 0 Å². The first kappa shape index (κ1) is 26.9. The molecule has 0 nitrogen and oxygen atoms in total. The van der Waals surface area contributed by atoms with Crippen LogP contribution in [0.5, 0.6) is 0 Å². The van der Waals surface area contributed by atoms with Crippen LogP contribution in [0.25, 0.3) is 0 Å². The van der Waals surface area contributed by atoms with E-state index in [-0.39, 0.29) is 24.8 Å². The van der Waals surface area contributed by atoms with Crippen LogP contribution in [0.2, 0.25) is 0 Å². The Morgan fingerprint density at radius 2 is 1.18 bits per heavy atom. The molecule has 0 atom stereocenters. The van der Waals surface area contributed by atoms with Crippen molar-refractivity contribution in [3.8, 4) is 0 Å². The van der Waals surface area contributed by atoms with Crippen molar-refractivity contribution < 1.29 is 48.7 Å². The van der Waals surface area contributed by atoms with Crippen LogP contribution in [0.1, 0.15) is 50.7 Å². The molecule has 0 aliphatic heterocycles. The molecule has 0 saturated heterocycles. The third kappa shape index (κ3) is 14.9. The van der Waals surface area contributed by atoms with Gasteiger partial charge in [-0.2, -0.15) is 47.5 Å². The van der Waals surface area contributed by atoms with E-state index >= 15 is 0 Å². The van der Waals surface area contributed by atoms with E-state index in [1.54, 1.807) is 0 Å². The molecule has 2 aromatic rings. The Bertz CT molecular complexity index is 341. The van der Waals surface area contributed by atoms with Crippen molar-refractivity contribution in [3.05, 3.63) is 59.7 Å². The first-order valence-electron chi connectivity index (χ1n) is 7.63. The van der Waals surface area contributed by atoms with Crippen molar-refractivity contribution in [2.45, 2.75) is 52.4 Å². The Hall–Kier alpha value is 0.0201. The monoisotopic (exact) mass is 506 g/mol. The van der Waals surface area contributed by atoms with Crippen molar-refractivity contribution in [2.75, 3.05) is 0 Å². The number of hydrogen-bond donors (Lipinski definition) is 0. The molecule has 0 aliphatic rings. The molecule has 0 aromatic heterocycles. The maximum Gasteiger partial charge on any atom is -1.00 e. The number of halogens is 2. The first-order chi connectivity index (χ1) is 9.86. The van der Waals surface area contributed by atoms with Gasteiger partial charge in [0.1, 0.15) is 0 Å². The van der Waals surface area contributed by atoms with Crippen LogP contribution in [-0.2, 0) is 36.7 Å². The number of hydrogen-bond acceptors (Lipinski definition) is 0. The molecule has 0 heterocycles. The molecule has 0 radical (unpaired) electrons. The molecule has 0 spiro atoms. The fourth-order valence-electron chi connectivity index (χ4n) is 1.92. The summed E-state index contributed by atoms with van der Waals surface area (Å²) in [5, 5.41) is 0. The molecule has 2 aromatic carbocycles. The molecule has 124 valence electrons. The largest absolute Gasteiger partial charge is 1.00 e. The number of unbranched alkanes of at least 4 members (excludes halogenated alkanes) is 2. The molecule has 0 aliphatic carbocycles. The van der Waals surface area contributed by atoms with Gasteiger partial charge in [-0.1, -0.05) is 52.4 Å². The van der Waals surface area contributed by atoms with Crippen LogP contribution < -0.4 is 24.8 Å². The van der Waals surface area contributed by atoms with Gasteiger partial charge < -0.3 is 24.8 Å². The summed E-state index contributed by atoms with van der Waals surface area (Å²) in [6, 6.07) is 17.2. The van der Waals surface area contributed by atoms with Gasteiger partial charge in [-0.05, 0) is 0 Å². The molecular formula is C19H28Cl2Hf-2. The molecule has 0 amide bonds. The van der Waals surface area contributed by atoms with Crippen LogP contribution in [0.4, 0.5) is 0 Å². The second-order valence-electron chi connectivity index (χ2n) is 4.79. The van der Waals surface area contributed by atoms with Crippen LogP contribution in [0.15, 0.2) is 48.5 Å². The minimum atomic E-state index is 0. The zero-order chi connectivity index (χ0) is 15.1. The second-order valence-corrected chi connectivity index (χ2v) is 4.79. The van der Waals surface area contributed by atoms with Crippen molar-refractivity contribution in [3.63, 3.8) is 0 Å². The van der Waals surface area contributed by atoms with E-state index in [0.717, 1.165) is 23.9 Å². The SMILES string of the molecule is CCCCc1cc[cH-]c1.CCCCc1cc[cH-]c1.[CH2]=[Hf+2].[Cl-].[Cl-]. The summed E-state index contributed by atoms with van der Waals surface area (Å²) in [7, 11) is 0. The van der Waals surface area contributed by atoms with E-state index in [1.807, 2.05) is 0 Å². The summed E-state index contributed by atoms with van der Waals surface area (Å²) < 4.78 is 3.39. The second kappa shape index (κ2) is 21.0. The quantitative estimate of drug-likeness (QED) is 0.366. The molecule has 22 heavy (non-hydrogen) atoms. The van der Waals surface area contributed by atoms with Crippen LogP contribution in [-0.4, -0.2) is 4.26 Å². The van der Waals surface area contributed by atoms with Gasteiger partial charge >= 0.3 is 28.2 Å². The summed E-state index contributed by atoms with van der Waals surface area (Å²) in [6.07, 6.45) is 7.75. The van der Waals surface area contributed by atoms with Crippen molar-refractivity contribution in [2.24, 2.45) is 0 Å². The maximum atomic E-state index is 3.39. The molecule has 2 rings (SSSR count). The fourth-order valence-corrected chi connectivity index (χ4v) is 1.92. The molecule has 0 fully saturated rings. The Labute approximate surface area is 164 Å². The summed E-state index contributed by atoms with van der Waals surface area (Å²) in [4.78, 5) is 0. The van der Waals surface area contributed by atoms with Gasteiger partial charge in [0.25, 0.3) is 0 Å². The van der Waals surface area contributed by atoms with Crippen molar-refractivity contribution in [1.29, 1.82) is 0 Å². The van der Waals surface area contributed by atoms with Gasteiger partial charge in [0.05, 0.1) is 0 Å². The molecule has 0 N–H and O–H groups in total. The standard InChI is InChI=1S/2C9H13.CH2.2ClH.Hf/c2*1-2-3-6-9-7-4-5-8-9;;;;/h2*4-5,7-8H,2-3,6H2,1H3;1H2;2*1H;/q2*-1;;;;+2/p-2. The maximum absolute atomic E-state index is 3.39. The van der Waals surface area contributed by atoms with Gasteiger partial charge in [0.2, 0.25) is 0 Å². The summed E-state index contributed by atoms with van der Waals surface area (Å²) in [5.41, 5.74) is 2.97. The van der Waals surface area contributed by atoms with Crippen LogP contribution in [0, 0.1) is 0 Å². The molecule has 0 saturated carbocycles. The van der Waals surface area contributed by atoms with Gasteiger partial charge in [0, 0.05) is 0 Å². The first-order valence-corrected chi connectivity index (χ1v) is 10.2. The third-order valence-electron chi connectivity index (χ3n) is 3.10. The molecule has 3 heteroatoms. The Morgan fingerprint density at radius 1 is 0.818 bits per heavy atom. The zero-order valence-corrected chi connectivity index (χ0v) is 18.9. The van der Waals surface area contributed by atoms with Crippen LogP contribution in [0.3, 0.4) is 0 Å². The Morgan fingerprint density at radius 3 is 1.41 bits per heavy atom. The Kier molecular flexibility index (Phi) is 25.7. The Balaban J connectivity index is -0.000000273. The minimum absolute atomic E-state index is 0. The average Bonchev–Trinajstić information content (AvgIpc) is 3.19. The summed E-state index contributed by atoms with van der Waals surface area (Å²) >= 11 is 1.06. The van der Waals surface area contributed by atoms with E-state index in [4.69, 9.17) is 0 Å². The van der Waals surface area contributed by atoms with Gasteiger partial charge in [0.15, 0.2) is 0 Å². The molecule has 0 bridgehead atoms. The average molecular weight is 506 g/mol. The van der Waals surface area contributed by atoms with Crippen molar-refractivity contribution >= 4 is 4.26 Å². The summed E-state index contributed by atoms with van der Waals surface area (Å²) in [5.74, 6) is 0. The van der Waals surface area contributed by atoms with E-state index in [0.29, 0.717) is 0 Å². The zero-order valence-electron chi connectivity index (χ0n) is 13.8. The minimum Gasteiger partial charge on any atom is -1.00 e. The third-order valence-corrected chi connectivity index (χ3v) is 3.10. The summed E-state index contributed by atoms with van der Waals surface area (Å²) in [6.45, 7) is 4.45. The van der Waals surface area contributed by atoms with Gasteiger partial charge in [-0.15, -0.1) is 0 Å². The topological polar surface area (TPSA) is 0 Å². The molecular weight excluding hydrogens is 478 g/mol. The van der Waals surface area contributed by atoms with Gasteiger partial charge in [-0.3, -0.25) is 0 Å². The van der Waals surface area contributed by atoms with E-state index in [1.165, 1.54) is 49.7 Å². The van der Waals surface area contributed by atoms with E-state index in [9.17, 15) is 0 Å². The van der Waals surface area contributed by atoms with Gasteiger partial charge in [-0.25, -0.2) is 12.1 Å². The smallest absolute Gasteiger partial charge is 1.00 e. The number of rotatable bonds is 6. The number of aryl methyl sites for hydroxylation is 2. The molecule has 0 unspecified atom stereocenters. The van der Waals surface area contributed by atoms with Crippen molar-refractivity contribution in [1.82, 2.24) is 0 Å². The fraction of sp³-hybridized carbons (Fsp3) is 0.421. The van der Waals surface area contributed by atoms with Crippen LogP contribution >= 0.6 is 0 Å². The van der Waals surface area contributed by atoms with E-state index in [2.05, 4.69) is 66.6 Å².